The maximum Gasteiger partial charge on any atom is 0.302 e. The Balaban J connectivity index is 1.44. The van der Waals surface area contributed by atoms with Crippen molar-refractivity contribution in [1.29, 1.82) is 0 Å². The van der Waals surface area contributed by atoms with Crippen LogP contribution < -0.4 is 0 Å². The number of aliphatic hydroxyl groups excluding tert-OH is 1. The molecule has 2 unspecified atom stereocenters. The summed E-state index contributed by atoms with van der Waals surface area (Å²) in [5.74, 6) is 1.46. The molecule has 2 spiro atoms. The Morgan fingerprint density at radius 3 is 2.90 bits per heavy atom. The lowest BCUT2D eigenvalue weighted by molar-refractivity contribution is -0.372. The summed E-state index contributed by atoms with van der Waals surface area (Å²) < 4.78 is 12.7. The number of esters is 1. The van der Waals surface area contributed by atoms with Crippen molar-refractivity contribution in [2.75, 3.05) is 6.54 Å². The predicted molar refractivity (Wildman–Crippen MR) is 106 cm³/mol. The van der Waals surface area contributed by atoms with E-state index in [1.54, 1.807) is 0 Å². The second-order valence-electron chi connectivity index (χ2n) is 11.5. The number of fused-ring (bicyclic) bond motifs is 2. The first-order valence-electron chi connectivity index (χ1n) is 11.8. The van der Waals surface area contributed by atoms with Gasteiger partial charge in [0.15, 0.2) is 0 Å². The molecule has 158 valence electrons. The number of aliphatic hydroxyl groups is 1. The zero-order chi connectivity index (χ0) is 20.1. The molecular formula is C24H33NO4. The topological polar surface area (TPSA) is 59.0 Å². The Morgan fingerprint density at radius 2 is 2.17 bits per heavy atom. The van der Waals surface area contributed by atoms with Gasteiger partial charge in [-0.2, -0.15) is 0 Å². The molecule has 5 saturated carbocycles. The van der Waals surface area contributed by atoms with Gasteiger partial charge in [0.05, 0.1) is 12.2 Å². The van der Waals surface area contributed by atoms with Crippen LogP contribution in [0.2, 0.25) is 0 Å². The standard InChI is InChI=1S/C24H33NO4/c1-5-25-19-14-8-16-22(4)7-6-18(29-21(22)25)24(16,19)17-9-15(28-12(3)26)13-10-23(14,17)20(27)11(13)2/h13-21,27H,2,5-10H2,1,3-4H3/t13-,14-,15-,16?,17-,18-,19+,20-,21+,22+,23?,24-/m1/s1. The molecule has 12 atom stereocenters. The van der Waals surface area contributed by atoms with Crippen molar-refractivity contribution in [3.63, 3.8) is 0 Å². The molecule has 5 aliphatic carbocycles. The van der Waals surface area contributed by atoms with Crippen LogP contribution in [0.25, 0.3) is 0 Å². The quantitative estimate of drug-likeness (QED) is 0.572. The van der Waals surface area contributed by atoms with Gasteiger partial charge in [-0.25, -0.2) is 0 Å². The first-order valence-corrected chi connectivity index (χ1v) is 11.8. The van der Waals surface area contributed by atoms with E-state index >= 15 is 0 Å². The van der Waals surface area contributed by atoms with Gasteiger partial charge in [0, 0.05) is 35.1 Å². The van der Waals surface area contributed by atoms with Crippen LogP contribution in [-0.2, 0) is 14.3 Å². The third-order valence-electron chi connectivity index (χ3n) is 11.3. The third kappa shape index (κ3) is 1.52. The van der Waals surface area contributed by atoms with E-state index in [2.05, 4.69) is 25.3 Å². The van der Waals surface area contributed by atoms with Crippen LogP contribution in [0, 0.1) is 39.9 Å². The minimum Gasteiger partial charge on any atom is -0.462 e. The van der Waals surface area contributed by atoms with Crippen molar-refractivity contribution >= 4 is 5.97 Å². The van der Waals surface area contributed by atoms with Crippen molar-refractivity contribution in [3.8, 4) is 0 Å². The predicted octanol–water partition coefficient (Wildman–Crippen LogP) is 2.73. The summed E-state index contributed by atoms with van der Waals surface area (Å²) in [6.45, 7) is 11.6. The van der Waals surface area contributed by atoms with E-state index in [9.17, 15) is 9.90 Å². The SMILES string of the molecule is C=C1[C@H]2CC3([C@@H]1O)[C@@H]1CC4[C@@]5([C@H]1N(CC)[C@H]1O[C@@H]5CC[C@@]41C)[C@@H]3C[C@H]2OC(C)=O. The first-order chi connectivity index (χ1) is 13.8. The van der Waals surface area contributed by atoms with Crippen LogP contribution in [0.4, 0.5) is 0 Å². The largest absolute Gasteiger partial charge is 0.462 e. The minimum absolute atomic E-state index is 0.0912. The number of ether oxygens (including phenoxy) is 2. The maximum absolute atomic E-state index is 11.9. The Bertz CT molecular complexity index is 843. The summed E-state index contributed by atoms with van der Waals surface area (Å²) in [6, 6.07) is 0.511. The van der Waals surface area contributed by atoms with Gasteiger partial charge in [-0.3, -0.25) is 9.69 Å². The third-order valence-corrected chi connectivity index (χ3v) is 11.3. The highest BCUT2D eigenvalue weighted by Crippen LogP contribution is 2.86. The lowest BCUT2D eigenvalue weighted by Gasteiger charge is -2.73. The minimum atomic E-state index is -0.465. The van der Waals surface area contributed by atoms with E-state index in [0.29, 0.717) is 29.9 Å². The molecule has 0 aromatic rings. The summed E-state index contributed by atoms with van der Waals surface area (Å²) in [7, 11) is 0. The van der Waals surface area contributed by atoms with Crippen molar-refractivity contribution in [1.82, 2.24) is 4.90 Å². The van der Waals surface area contributed by atoms with Crippen LogP contribution in [0.5, 0.6) is 0 Å². The molecule has 5 nitrogen and oxygen atoms in total. The van der Waals surface area contributed by atoms with Gasteiger partial charge in [-0.1, -0.05) is 20.4 Å². The van der Waals surface area contributed by atoms with Crippen molar-refractivity contribution < 1.29 is 19.4 Å². The molecule has 1 N–H and O–H groups in total. The van der Waals surface area contributed by atoms with Crippen molar-refractivity contribution in [2.45, 2.75) is 83.5 Å². The number of carbonyl (C=O) groups is 1. The molecule has 0 aromatic carbocycles. The highest BCUT2D eigenvalue weighted by atomic mass is 16.5. The zero-order valence-corrected chi connectivity index (χ0v) is 17.8. The van der Waals surface area contributed by atoms with Crippen molar-refractivity contribution in [3.05, 3.63) is 12.2 Å². The highest BCUT2D eigenvalue weighted by Gasteiger charge is 2.89. The zero-order valence-electron chi connectivity index (χ0n) is 17.8. The van der Waals surface area contributed by atoms with Crippen LogP contribution in [-0.4, -0.2) is 53.1 Å². The molecule has 9 bridgehead atoms. The molecule has 0 amide bonds. The highest BCUT2D eigenvalue weighted by molar-refractivity contribution is 5.66. The summed E-state index contributed by atoms with van der Waals surface area (Å²) in [6.07, 6.45) is 5.41. The molecule has 0 aromatic heterocycles. The molecular weight excluding hydrogens is 366 g/mol. The Labute approximate surface area is 172 Å². The Hall–Kier alpha value is -0.910. The number of hydrogen-bond donors (Lipinski definition) is 1. The van der Waals surface area contributed by atoms with E-state index in [-0.39, 0.29) is 40.5 Å². The van der Waals surface area contributed by atoms with E-state index in [4.69, 9.17) is 9.47 Å². The van der Waals surface area contributed by atoms with Gasteiger partial charge in [-0.05, 0) is 62.0 Å². The normalized spacial score (nSPS) is 63.3. The smallest absolute Gasteiger partial charge is 0.302 e. The summed E-state index contributed by atoms with van der Waals surface area (Å²) in [5.41, 5.74) is 1.15. The monoisotopic (exact) mass is 399 g/mol. The summed E-state index contributed by atoms with van der Waals surface area (Å²) in [4.78, 5) is 14.6. The number of nitrogens with zero attached hydrogens (tertiary/aromatic N) is 1. The molecule has 4 aliphatic heterocycles. The van der Waals surface area contributed by atoms with Gasteiger partial charge in [0.2, 0.25) is 0 Å². The van der Waals surface area contributed by atoms with E-state index in [0.717, 1.165) is 31.4 Å². The Kier molecular flexibility index (Phi) is 3.02. The molecule has 9 rings (SSSR count). The lowest BCUT2D eigenvalue weighted by Crippen LogP contribution is -2.78. The molecule has 29 heavy (non-hydrogen) atoms. The Morgan fingerprint density at radius 1 is 1.38 bits per heavy atom. The molecule has 4 saturated heterocycles. The van der Waals surface area contributed by atoms with Gasteiger partial charge >= 0.3 is 5.97 Å². The fourth-order valence-corrected chi connectivity index (χ4v) is 10.8. The fraction of sp³-hybridized carbons (Fsp3) is 0.875. The van der Waals surface area contributed by atoms with Gasteiger partial charge in [0.25, 0.3) is 0 Å². The van der Waals surface area contributed by atoms with Crippen LogP contribution in [0.15, 0.2) is 12.2 Å². The number of piperidine rings is 1. The summed E-state index contributed by atoms with van der Waals surface area (Å²) in [5, 5.41) is 11.6. The first kappa shape index (κ1) is 17.7. The van der Waals surface area contributed by atoms with Gasteiger partial charge in [0.1, 0.15) is 12.3 Å². The lowest BCUT2D eigenvalue weighted by atomic mass is 9.41. The van der Waals surface area contributed by atoms with E-state index < -0.39 is 6.10 Å². The van der Waals surface area contributed by atoms with Crippen LogP contribution in [0.1, 0.15) is 52.9 Å². The second-order valence-corrected chi connectivity index (χ2v) is 11.5. The second kappa shape index (κ2) is 4.94. The molecule has 9 fully saturated rings. The molecule has 5 heteroatoms. The number of rotatable bonds is 2. The fourth-order valence-electron chi connectivity index (χ4n) is 10.8. The van der Waals surface area contributed by atoms with Gasteiger partial charge in [-0.15, -0.1) is 0 Å². The average Bonchev–Trinajstić information content (AvgIpc) is 3.22. The average molecular weight is 400 g/mol. The number of hydrogen-bond acceptors (Lipinski definition) is 5. The molecule has 9 aliphatic rings. The van der Waals surface area contributed by atoms with Crippen LogP contribution >= 0.6 is 0 Å². The maximum atomic E-state index is 11.9. The van der Waals surface area contributed by atoms with Gasteiger partial charge < -0.3 is 14.6 Å². The molecule has 4 heterocycles. The van der Waals surface area contributed by atoms with Crippen molar-refractivity contribution in [2.24, 2.45) is 39.9 Å². The molecule has 0 radical (unpaired) electrons. The number of carbonyl (C=O) groups excluding carboxylic acids is 1. The van der Waals surface area contributed by atoms with E-state index in [1.807, 2.05) is 0 Å². The summed E-state index contributed by atoms with van der Waals surface area (Å²) >= 11 is 0. The van der Waals surface area contributed by atoms with Crippen LogP contribution in [0.3, 0.4) is 0 Å². The van der Waals surface area contributed by atoms with E-state index in [1.165, 1.54) is 19.8 Å².